The molecule has 1 heterocycles. The zero-order valence-corrected chi connectivity index (χ0v) is 11.7. The molecule has 1 aromatic heterocycles. The zero-order chi connectivity index (χ0) is 12.6. The number of nitrogens with two attached hydrogens (primary N) is 1. The number of halogens is 2. The summed E-state index contributed by atoms with van der Waals surface area (Å²) >= 11 is 9.32. The van der Waals surface area contributed by atoms with Gasteiger partial charge in [-0.3, -0.25) is 0 Å². The van der Waals surface area contributed by atoms with Gasteiger partial charge in [0.2, 0.25) is 0 Å². The highest BCUT2D eigenvalue weighted by molar-refractivity contribution is 9.10. The normalized spacial score (nSPS) is 11.8. The third-order valence-corrected chi connectivity index (χ3v) is 3.40. The SMILES string of the molecule is CC(C)(N)c1noc(-c2ccc(Br)c(Cl)c2)n1. The summed E-state index contributed by atoms with van der Waals surface area (Å²) in [5.41, 5.74) is 6.02. The molecule has 17 heavy (non-hydrogen) atoms. The molecule has 0 atom stereocenters. The Hall–Kier alpha value is -0.910. The van der Waals surface area contributed by atoms with Gasteiger partial charge in [0, 0.05) is 10.0 Å². The van der Waals surface area contributed by atoms with Gasteiger partial charge in [-0.2, -0.15) is 4.98 Å². The van der Waals surface area contributed by atoms with Crippen LogP contribution >= 0.6 is 27.5 Å². The van der Waals surface area contributed by atoms with E-state index in [4.69, 9.17) is 21.9 Å². The van der Waals surface area contributed by atoms with Crippen molar-refractivity contribution >= 4 is 27.5 Å². The highest BCUT2D eigenvalue weighted by atomic mass is 79.9. The van der Waals surface area contributed by atoms with E-state index >= 15 is 0 Å². The van der Waals surface area contributed by atoms with E-state index in [1.165, 1.54) is 0 Å². The molecular formula is C11H11BrClN3O. The monoisotopic (exact) mass is 315 g/mol. The van der Waals surface area contributed by atoms with Crippen LogP contribution in [-0.2, 0) is 5.54 Å². The minimum atomic E-state index is -0.624. The molecule has 2 aromatic rings. The van der Waals surface area contributed by atoms with Crippen LogP contribution in [0, 0.1) is 0 Å². The van der Waals surface area contributed by atoms with Crippen LogP contribution in [0.4, 0.5) is 0 Å². The molecule has 0 radical (unpaired) electrons. The van der Waals surface area contributed by atoms with E-state index in [1.54, 1.807) is 6.07 Å². The molecule has 0 aliphatic heterocycles. The molecular weight excluding hydrogens is 305 g/mol. The highest BCUT2D eigenvalue weighted by Crippen LogP contribution is 2.28. The minimum absolute atomic E-state index is 0.410. The average Bonchev–Trinajstić information content (AvgIpc) is 2.70. The number of nitrogens with zero attached hydrogens (tertiary/aromatic N) is 2. The van der Waals surface area contributed by atoms with Gasteiger partial charge in [0.25, 0.3) is 5.89 Å². The largest absolute Gasteiger partial charge is 0.334 e. The molecule has 2 N–H and O–H groups in total. The second-order valence-corrected chi connectivity index (χ2v) is 5.54. The van der Waals surface area contributed by atoms with Crippen LogP contribution in [0.15, 0.2) is 27.2 Å². The van der Waals surface area contributed by atoms with Crippen LogP contribution in [0.2, 0.25) is 5.02 Å². The molecule has 0 aliphatic rings. The topological polar surface area (TPSA) is 64.9 Å². The van der Waals surface area contributed by atoms with Gasteiger partial charge in [-0.25, -0.2) is 0 Å². The lowest BCUT2D eigenvalue weighted by atomic mass is 10.1. The number of hydrogen-bond donors (Lipinski definition) is 1. The highest BCUT2D eigenvalue weighted by Gasteiger charge is 2.22. The molecule has 0 amide bonds. The standard InChI is InChI=1S/C11H11BrClN3O/c1-11(2,14)10-15-9(17-16-10)6-3-4-7(12)8(13)5-6/h3-5H,14H2,1-2H3. The summed E-state index contributed by atoms with van der Waals surface area (Å²) in [5.74, 6) is 0.875. The molecule has 0 fully saturated rings. The summed E-state index contributed by atoms with van der Waals surface area (Å²) in [6.45, 7) is 3.63. The van der Waals surface area contributed by atoms with Crippen LogP contribution in [0.5, 0.6) is 0 Å². The first-order valence-electron chi connectivity index (χ1n) is 4.96. The maximum absolute atomic E-state index is 6.00. The average molecular weight is 317 g/mol. The molecule has 0 saturated carbocycles. The molecule has 0 spiro atoms. The fourth-order valence-electron chi connectivity index (χ4n) is 1.23. The van der Waals surface area contributed by atoms with Crippen LogP contribution < -0.4 is 5.73 Å². The Morgan fingerprint density at radius 2 is 2.12 bits per heavy atom. The maximum Gasteiger partial charge on any atom is 0.258 e. The molecule has 4 nitrogen and oxygen atoms in total. The Balaban J connectivity index is 2.40. The summed E-state index contributed by atoms with van der Waals surface area (Å²) in [5, 5.41) is 4.44. The van der Waals surface area contributed by atoms with Crippen molar-refractivity contribution in [1.82, 2.24) is 10.1 Å². The summed E-state index contributed by atoms with van der Waals surface area (Å²) < 4.78 is 5.98. The molecule has 0 saturated heterocycles. The van der Waals surface area contributed by atoms with Crippen molar-refractivity contribution < 1.29 is 4.52 Å². The van der Waals surface area contributed by atoms with Gasteiger partial charge >= 0.3 is 0 Å². The van der Waals surface area contributed by atoms with Gasteiger partial charge in [-0.1, -0.05) is 16.8 Å². The second-order valence-electron chi connectivity index (χ2n) is 4.27. The Morgan fingerprint density at radius 1 is 1.41 bits per heavy atom. The fraction of sp³-hybridized carbons (Fsp3) is 0.273. The third kappa shape index (κ3) is 2.68. The van der Waals surface area contributed by atoms with E-state index < -0.39 is 5.54 Å². The van der Waals surface area contributed by atoms with E-state index in [-0.39, 0.29) is 0 Å². The first-order valence-corrected chi connectivity index (χ1v) is 6.13. The predicted octanol–water partition coefficient (Wildman–Crippen LogP) is 3.35. The van der Waals surface area contributed by atoms with Crippen molar-refractivity contribution in [2.45, 2.75) is 19.4 Å². The second kappa shape index (κ2) is 4.40. The van der Waals surface area contributed by atoms with Gasteiger partial charge < -0.3 is 10.3 Å². The molecule has 0 bridgehead atoms. The zero-order valence-electron chi connectivity index (χ0n) is 9.37. The Morgan fingerprint density at radius 3 is 2.65 bits per heavy atom. The van der Waals surface area contributed by atoms with Gasteiger partial charge in [-0.05, 0) is 48.0 Å². The fourth-order valence-corrected chi connectivity index (χ4v) is 1.66. The molecule has 2 rings (SSSR count). The predicted molar refractivity (Wildman–Crippen MR) is 69.7 cm³/mol. The number of benzene rings is 1. The van der Waals surface area contributed by atoms with E-state index in [9.17, 15) is 0 Å². The lowest BCUT2D eigenvalue weighted by Crippen LogP contribution is -2.30. The number of aromatic nitrogens is 2. The van der Waals surface area contributed by atoms with Gasteiger partial charge in [0.15, 0.2) is 5.82 Å². The molecule has 6 heteroatoms. The Kier molecular flexibility index (Phi) is 3.25. The van der Waals surface area contributed by atoms with Crippen molar-refractivity contribution in [3.63, 3.8) is 0 Å². The van der Waals surface area contributed by atoms with E-state index in [0.29, 0.717) is 16.7 Å². The molecule has 0 aliphatic carbocycles. The quantitative estimate of drug-likeness (QED) is 0.923. The Bertz CT molecular complexity index is 548. The van der Waals surface area contributed by atoms with E-state index in [2.05, 4.69) is 26.1 Å². The van der Waals surface area contributed by atoms with Crippen LogP contribution in [0.1, 0.15) is 19.7 Å². The van der Waals surface area contributed by atoms with Crippen molar-refractivity contribution in [2.24, 2.45) is 5.73 Å². The van der Waals surface area contributed by atoms with Crippen LogP contribution in [0.3, 0.4) is 0 Å². The minimum Gasteiger partial charge on any atom is -0.334 e. The van der Waals surface area contributed by atoms with E-state index in [0.717, 1.165) is 10.0 Å². The first kappa shape index (κ1) is 12.5. The number of hydrogen-bond acceptors (Lipinski definition) is 4. The first-order chi connectivity index (χ1) is 7.88. The summed E-state index contributed by atoms with van der Waals surface area (Å²) in [6.07, 6.45) is 0. The molecule has 1 aromatic carbocycles. The summed E-state index contributed by atoms with van der Waals surface area (Å²) in [4.78, 5) is 4.25. The van der Waals surface area contributed by atoms with Crippen LogP contribution in [-0.4, -0.2) is 10.1 Å². The van der Waals surface area contributed by atoms with Gasteiger partial charge in [0.05, 0.1) is 10.6 Å². The van der Waals surface area contributed by atoms with Crippen molar-refractivity contribution in [1.29, 1.82) is 0 Å². The van der Waals surface area contributed by atoms with Gasteiger partial charge in [0.1, 0.15) is 0 Å². The summed E-state index contributed by atoms with van der Waals surface area (Å²) in [6, 6.07) is 5.43. The van der Waals surface area contributed by atoms with Crippen molar-refractivity contribution in [3.05, 3.63) is 33.5 Å². The van der Waals surface area contributed by atoms with Crippen molar-refractivity contribution in [2.75, 3.05) is 0 Å². The lowest BCUT2D eigenvalue weighted by Gasteiger charge is -2.11. The third-order valence-electron chi connectivity index (χ3n) is 2.17. The van der Waals surface area contributed by atoms with Crippen molar-refractivity contribution in [3.8, 4) is 11.5 Å². The maximum atomic E-state index is 6.00. The summed E-state index contributed by atoms with van der Waals surface area (Å²) in [7, 11) is 0. The molecule has 0 unspecified atom stereocenters. The number of rotatable bonds is 2. The lowest BCUT2D eigenvalue weighted by molar-refractivity contribution is 0.397. The Labute approximate surface area is 112 Å². The smallest absolute Gasteiger partial charge is 0.258 e. The van der Waals surface area contributed by atoms with Gasteiger partial charge in [-0.15, -0.1) is 0 Å². The van der Waals surface area contributed by atoms with Crippen LogP contribution in [0.25, 0.3) is 11.5 Å². The molecule has 90 valence electrons. The van der Waals surface area contributed by atoms with E-state index in [1.807, 2.05) is 26.0 Å².